The van der Waals surface area contributed by atoms with E-state index in [1.807, 2.05) is 18.2 Å². The van der Waals surface area contributed by atoms with Crippen molar-refractivity contribution in [2.45, 2.75) is 12.3 Å². The van der Waals surface area contributed by atoms with Crippen LogP contribution in [0.1, 0.15) is 18.2 Å². The van der Waals surface area contributed by atoms with Crippen molar-refractivity contribution in [3.8, 4) is 61.8 Å². The molecule has 0 bridgehead atoms. The molecule has 5 nitrogen and oxygen atoms in total. The molecule has 5 heteroatoms. The van der Waals surface area contributed by atoms with Gasteiger partial charge in [0.05, 0.1) is 11.0 Å². The second kappa shape index (κ2) is 17.0. The summed E-state index contributed by atoms with van der Waals surface area (Å²) < 4.78 is 9.03. The Hall–Kier alpha value is -9.71. The zero-order valence-corrected chi connectivity index (χ0v) is 40.2. The summed E-state index contributed by atoms with van der Waals surface area (Å²) in [6.45, 7) is 0. The molecule has 0 saturated carbocycles. The Balaban J connectivity index is 0.859. The summed E-state index contributed by atoms with van der Waals surface area (Å²) in [6, 6.07) is 80.9. The van der Waals surface area contributed by atoms with Crippen LogP contribution in [-0.4, -0.2) is 19.5 Å². The normalized spacial score (nSPS) is 13.6. The number of hydrogen-bond acceptors (Lipinski definition) is 4. The van der Waals surface area contributed by atoms with Gasteiger partial charge in [-0.15, -0.1) is 0 Å². The van der Waals surface area contributed by atoms with E-state index in [1.165, 1.54) is 59.7 Å². The van der Waals surface area contributed by atoms with E-state index < -0.39 is 0 Å². The molecule has 1 unspecified atom stereocenters. The summed E-state index contributed by atoms with van der Waals surface area (Å²) in [4.78, 5) is 15.2. The van der Waals surface area contributed by atoms with Crippen molar-refractivity contribution in [3.05, 3.63) is 255 Å². The number of allylic oxidation sites excluding steroid dienone is 4. The van der Waals surface area contributed by atoms with Crippen molar-refractivity contribution in [3.63, 3.8) is 0 Å². The molecule has 346 valence electrons. The molecule has 14 aromatic rings. The number of nitrogens with zero attached hydrogens (tertiary/aromatic N) is 4. The summed E-state index contributed by atoms with van der Waals surface area (Å²) in [6.07, 6.45) is 9.36. The van der Waals surface area contributed by atoms with Crippen LogP contribution in [0.2, 0.25) is 0 Å². The van der Waals surface area contributed by atoms with E-state index in [0.29, 0.717) is 11.6 Å². The van der Waals surface area contributed by atoms with Gasteiger partial charge in [-0.2, -0.15) is 0 Å². The van der Waals surface area contributed by atoms with E-state index in [0.717, 1.165) is 78.8 Å². The fourth-order valence-electron chi connectivity index (χ4n) is 11.6. The van der Waals surface area contributed by atoms with Crippen LogP contribution in [0.5, 0.6) is 0 Å². The first-order chi connectivity index (χ1) is 36.7. The van der Waals surface area contributed by atoms with Crippen molar-refractivity contribution in [2.75, 3.05) is 0 Å². The minimum absolute atomic E-state index is 0.0757. The van der Waals surface area contributed by atoms with Gasteiger partial charge >= 0.3 is 0 Å². The van der Waals surface area contributed by atoms with Crippen molar-refractivity contribution in [1.82, 2.24) is 19.5 Å². The molecule has 3 heterocycles. The lowest BCUT2D eigenvalue weighted by Gasteiger charge is -2.14. The summed E-state index contributed by atoms with van der Waals surface area (Å²) >= 11 is 0. The number of aromatic nitrogens is 4. The molecule has 1 atom stereocenters. The number of benzene rings is 11. The highest BCUT2D eigenvalue weighted by Gasteiger charge is 2.21. The average Bonchev–Trinajstić information content (AvgIpc) is 4.04. The van der Waals surface area contributed by atoms with Crippen LogP contribution in [0, 0.1) is 0 Å². The smallest absolute Gasteiger partial charge is 0.163 e. The summed E-state index contributed by atoms with van der Waals surface area (Å²) in [5.41, 5.74) is 13.8. The van der Waals surface area contributed by atoms with Crippen LogP contribution in [0.15, 0.2) is 253 Å². The maximum absolute atomic E-state index is 6.63. The zero-order valence-electron chi connectivity index (χ0n) is 40.2. The first-order valence-corrected chi connectivity index (χ1v) is 25.4. The first-order valence-electron chi connectivity index (χ1n) is 25.4. The van der Waals surface area contributed by atoms with Crippen molar-refractivity contribution >= 4 is 76.1 Å². The molecule has 0 fully saturated rings. The van der Waals surface area contributed by atoms with E-state index in [2.05, 4.69) is 235 Å². The number of para-hydroxylation sites is 1. The summed E-state index contributed by atoms with van der Waals surface area (Å²) in [5.74, 6) is 2.17. The molecular weight excluding hydrogens is 901 g/mol. The Labute approximate surface area is 426 Å². The molecule has 1 aliphatic carbocycles. The Morgan fingerprint density at radius 3 is 1.58 bits per heavy atom. The Bertz CT molecular complexity index is 4600. The molecule has 74 heavy (non-hydrogen) atoms. The van der Waals surface area contributed by atoms with Gasteiger partial charge in [0.25, 0.3) is 0 Å². The van der Waals surface area contributed by atoms with Crippen LogP contribution < -0.4 is 0 Å². The number of furan rings is 1. The molecule has 0 saturated heterocycles. The SMILES string of the molecule is C1=CCC(c2nc(-c3ccccc3)nc(-c3cccc(-c4cccc5oc6ccc(-c7ccc8c(c7)c7cc(-c9ccc%10c%11ccccc%11c%11ccccc%11c%10c9)ccc7n8-c7ccccc7)cc6c45)c3)n2)C=C1. The topological polar surface area (TPSA) is 56.7 Å². The average molecular weight is 945 g/mol. The van der Waals surface area contributed by atoms with Gasteiger partial charge in [-0.3, -0.25) is 0 Å². The number of rotatable bonds is 7. The zero-order chi connectivity index (χ0) is 48.7. The van der Waals surface area contributed by atoms with E-state index in [4.69, 9.17) is 19.4 Å². The van der Waals surface area contributed by atoms with E-state index in [1.54, 1.807) is 0 Å². The van der Waals surface area contributed by atoms with Crippen molar-refractivity contribution < 1.29 is 4.42 Å². The molecule has 0 radical (unpaired) electrons. The highest BCUT2D eigenvalue weighted by Crippen LogP contribution is 2.43. The highest BCUT2D eigenvalue weighted by molar-refractivity contribution is 6.26. The lowest BCUT2D eigenvalue weighted by molar-refractivity contribution is 0.669. The Kier molecular flexibility index (Phi) is 9.64. The molecule has 15 rings (SSSR count). The third-order valence-corrected chi connectivity index (χ3v) is 15.1. The van der Waals surface area contributed by atoms with E-state index >= 15 is 0 Å². The Morgan fingerprint density at radius 1 is 0.365 bits per heavy atom. The molecular formula is C69H44N4O. The van der Waals surface area contributed by atoms with Gasteiger partial charge < -0.3 is 8.98 Å². The predicted molar refractivity (Wildman–Crippen MR) is 307 cm³/mol. The van der Waals surface area contributed by atoms with Crippen molar-refractivity contribution in [2.24, 2.45) is 0 Å². The quantitative estimate of drug-likeness (QED) is 0.149. The van der Waals surface area contributed by atoms with Crippen LogP contribution in [-0.2, 0) is 0 Å². The van der Waals surface area contributed by atoms with Gasteiger partial charge in [-0.25, -0.2) is 15.0 Å². The van der Waals surface area contributed by atoms with Gasteiger partial charge in [0.2, 0.25) is 0 Å². The van der Waals surface area contributed by atoms with Crippen LogP contribution in [0.3, 0.4) is 0 Å². The summed E-state index contributed by atoms with van der Waals surface area (Å²) in [5, 5.41) is 12.2. The third kappa shape index (κ3) is 6.89. The van der Waals surface area contributed by atoms with Crippen LogP contribution in [0.4, 0.5) is 0 Å². The molecule has 0 spiro atoms. The number of hydrogen-bond donors (Lipinski definition) is 0. The maximum atomic E-state index is 6.63. The van der Waals surface area contributed by atoms with Crippen molar-refractivity contribution in [1.29, 1.82) is 0 Å². The third-order valence-electron chi connectivity index (χ3n) is 15.1. The van der Waals surface area contributed by atoms with Gasteiger partial charge in [0.1, 0.15) is 17.0 Å². The van der Waals surface area contributed by atoms with Gasteiger partial charge in [0, 0.05) is 44.3 Å². The largest absolute Gasteiger partial charge is 0.456 e. The molecule has 3 aromatic heterocycles. The second-order valence-electron chi connectivity index (χ2n) is 19.4. The maximum Gasteiger partial charge on any atom is 0.163 e. The summed E-state index contributed by atoms with van der Waals surface area (Å²) in [7, 11) is 0. The van der Waals surface area contributed by atoms with Crippen LogP contribution >= 0.6 is 0 Å². The molecule has 11 aromatic carbocycles. The monoisotopic (exact) mass is 944 g/mol. The predicted octanol–water partition coefficient (Wildman–Crippen LogP) is 18.3. The van der Waals surface area contributed by atoms with Gasteiger partial charge in [-0.05, 0) is 139 Å². The standard InChI is InChI=1S/C69H44N4O/c1-4-16-43(17-5-1)67-70-68(44-18-6-2-7-19-44)72-69(71-67)50-21-14-20-49(38-50)52-28-15-29-65-66(52)61-42-48(33-37-64(61)74-65)47-32-36-63-60(41-47)59-40-46(31-35-62(59)73(63)51-22-8-3-9-23-51)45-30-34-57-55-26-11-10-24-53(55)54-25-12-13-27-56(54)58(57)39-45/h1-18,20-42,44H,19H2. The fourth-order valence-corrected chi connectivity index (χ4v) is 11.6. The molecule has 1 aliphatic rings. The highest BCUT2D eigenvalue weighted by atomic mass is 16.3. The lowest BCUT2D eigenvalue weighted by atomic mass is 9.92. The molecule has 0 aliphatic heterocycles. The molecule has 0 amide bonds. The van der Waals surface area contributed by atoms with Crippen LogP contribution in [0.25, 0.3) is 138 Å². The fraction of sp³-hybridized carbons (Fsp3) is 0.0290. The van der Waals surface area contributed by atoms with E-state index in [-0.39, 0.29) is 5.92 Å². The number of fused-ring (bicyclic) bond motifs is 12. The van der Waals surface area contributed by atoms with Gasteiger partial charge in [0.15, 0.2) is 11.6 Å². The minimum atomic E-state index is 0.0757. The lowest BCUT2D eigenvalue weighted by Crippen LogP contribution is -2.07. The molecule has 0 N–H and O–H groups in total. The first kappa shape index (κ1) is 42.0. The van der Waals surface area contributed by atoms with E-state index in [9.17, 15) is 0 Å². The van der Waals surface area contributed by atoms with Gasteiger partial charge in [-0.1, -0.05) is 182 Å². The minimum Gasteiger partial charge on any atom is -0.456 e. The second-order valence-corrected chi connectivity index (χ2v) is 19.4. The Morgan fingerprint density at radius 2 is 0.905 bits per heavy atom.